The number of likely N-dealkylation sites (tertiary alicyclic amines) is 1. The number of rotatable bonds is 3. The summed E-state index contributed by atoms with van der Waals surface area (Å²) in [6.07, 6.45) is 5.26. The molecule has 1 aliphatic heterocycles. The molecule has 0 spiro atoms. The van der Waals surface area contributed by atoms with Crippen molar-refractivity contribution in [3.8, 4) is 0 Å². The van der Waals surface area contributed by atoms with E-state index in [0.717, 1.165) is 25.9 Å². The van der Waals surface area contributed by atoms with Crippen LogP contribution in [0, 0.1) is 5.82 Å². The second-order valence-corrected chi connectivity index (χ2v) is 5.62. The summed E-state index contributed by atoms with van der Waals surface area (Å²) in [7, 11) is 0. The van der Waals surface area contributed by atoms with E-state index in [0.29, 0.717) is 16.9 Å². The lowest BCUT2D eigenvalue weighted by Gasteiger charge is -2.15. The zero-order valence-electron chi connectivity index (χ0n) is 11.9. The molecule has 1 N–H and O–H groups in total. The number of hydrogen-bond acceptors (Lipinski definition) is 3. The first-order valence-corrected chi connectivity index (χ1v) is 7.48. The lowest BCUT2D eigenvalue weighted by Crippen LogP contribution is -2.27. The van der Waals surface area contributed by atoms with Gasteiger partial charge in [0.1, 0.15) is 5.82 Å². The van der Waals surface area contributed by atoms with E-state index in [2.05, 4.69) is 10.3 Å². The van der Waals surface area contributed by atoms with Gasteiger partial charge in [-0.1, -0.05) is 11.6 Å². The van der Waals surface area contributed by atoms with Gasteiger partial charge in [-0.2, -0.15) is 0 Å². The minimum Gasteiger partial charge on any atom is -0.354 e. The van der Waals surface area contributed by atoms with Crippen LogP contribution in [0.3, 0.4) is 0 Å². The molecule has 1 fully saturated rings. The lowest BCUT2D eigenvalue weighted by molar-refractivity contribution is 0.0792. The Labute approximate surface area is 132 Å². The smallest absolute Gasteiger partial charge is 0.255 e. The number of halogens is 2. The monoisotopic (exact) mass is 319 g/mol. The van der Waals surface area contributed by atoms with Crippen LogP contribution in [0.5, 0.6) is 0 Å². The molecule has 0 saturated carbocycles. The van der Waals surface area contributed by atoms with Gasteiger partial charge in [-0.3, -0.25) is 9.78 Å². The van der Waals surface area contributed by atoms with Crippen molar-refractivity contribution in [2.45, 2.75) is 12.8 Å². The molecule has 1 amide bonds. The summed E-state index contributed by atoms with van der Waals surface area (Å²) in [5, 5.41) is 3.12. The standard InChI is InChI=1S/C16H15ClFN3O/c17-14-8-12(3-4-15(14)18)20-13-7-11(9-19-10-13)16(22)21-5-1-2-6-21/h3-4,7-10,20H,1-2,5-6H2. The molecule has 3 rings (SSSR count). The average Bonchev–Trinajstić information content (AvgIpc) is 3.05. The van der Waals surface area contributed by atoms with Gasteiger partial charge in [0.2, 0.25) is 0 Å². The normalized spacial score (nSPS) is 14.2. The summed E-state index contributed by atoms with van der Waals surface area (Å²) in [6, 6.07) is 6.10. The molecule has 1 saturated heterocycles. The number of pyridine rings is 1. The maximum absolute atomic E-state index is 13.2. The molecule has 22 heavy (non-hydrogen) atoms. The quantitative estimate of drug-likeness (QED) is 0.934. The van der Waals surface area contributed by atoms with Crippen molar-refractivity contribution < 1.29 is 9.18 Å². The van der Waals surface area contributed by atoms with E-state index in [4.69, 9.17) is 11.6 Å². The highest BCUT2D eigenvalue weighted by Gasteiger charge is 2.19. The molecule has 4 nitrogen and oxygen atoms in total. The van der Waals surface area contributed by atoms with E-state index >= 15 is 0 Å². The van der Waals surface area contributed by atoms with Crippen LogP contribution >= 0.6 is 11.6 Å². The van der Waals surface area contributed by atoms with Crippen molar-refractivity contribution in [2.75, 3.05) is 18.4 Å². The number of amides is 1. The van der Waals surface area contributed by atoms with Gasteiger partial charge in [-0.15, -0.1) is 0 Å². The summed E-state index contributed by atoms with van der Waals surface area (Å²) >= 11 is 5.76. The van der Waals surface area contributed by atoms with Gasteiger partial charge in [-0.25, -0.2) is 4.39 Å². The second-order valence-electron chi connectivity index (χ2n) is 5.22. The molecule has 0 unspecified atom stereocenters. The Morgan fingerprint density at radius 2 is 1.95 bits per heavy atom. The zero-order chi connectivity index (χ0) is 15.5. The van der Waals surface area contributed by atoms with Crippen molar-refractivity contribution in [3.63, 3.8) is 0 Å². The van der Waals surface area contributed by atoms with Gasteiger partial charge < -0.3 is 10.2 Å². The third kappa shape index (κ3) is 3.20. The molecule has 0 bridgehead atoms. The van der Waals surface area contributed by atoms with Crippen molar-refractivity contribution in [3.05, 3.63) is 53.1 Å². The number of carbonyl (C=O) groups excluding carboxylic acids is 1. The SMILES string of the molecule is O=C(c1cncc(Nc2ccc(F)c(Cl)c2)c1)N1CCCC1. The fraction of sp³-hybridized carbons (Fsp3) is 0.250. The van der Waals surface area contributed by atoms with Gasteiger partial charge >= 0.3 is 0 Å². The maximum Gasteiger partial charge on any atom is 0.255 e. The Hall–Kier alpha value is -2.14. The van der Waals surface area contributed by atoms with Crippen LogP contribution in [0.1, 0.15) is 23.2 Å². The number of carbonyl (C=O) groups is 1. The number of benzene rings is 1. The van der Waals surface area contributed by atoms with E-state index < -0.39 is 5.82 Å². The van der Waals surface area contributed by atoms with Crippen LogP contribution in [0.2, 0.25) is 5.02 Å². The minimum absolute atomic E-state index is 0.00853. The van der Waals surface area contributed by atoms with Gasteiger partial charge in [0.15, 0.2) is 0 Å². The molecule has 0 radical (unpaired) electrons. The van der Waals surface area contributed by atoms with Crippen molar-refractivity contribution in [2.24, 2.45) is 0 Å². The number of anilines is 2. The first kappa shape index (κ1) is 14.8. The Morgan fingerprint density at radius 1 is 1.18 bits per heavy atom. The minimum atomic E-state index is -0.469. The molecule has 1 aromatic carbocycles. The van der Waals surface area contributed by atoms with Crippen molar-refractivity contribution >= 4 is 28.9 Å². The summed E-state index contributed by atoms with van der Waals surface area (Å²) in [5.74, 6) is -0.478. The summed E-state index contributed by atoms with van der Waals surface area (Å²) in [4.78, 5) is 18.3. The Morgan fingerprint density at radius 3 is 2.68 bits per heavy atom. The third-order valence-corrected chi connectivity index (χ3v) is 3.88. The predicted molar refractivity (Wildman–Crippen MR) is 84.1 cm³/mol. The highest BCUT2D eigenvalue weighted by atomic mass is 35.5. The Bertz CT molecular complexity index is 702. The van der Waals surface area contributed by atoms with E-state index in [-0.39, 0.29) is 10.9 Å². The van der Waals surface area contributed by atoms with Crippen LogP contribution in [-0.2, 0) is 0 Å². The predicted octanol–water partition coefficient (Wildman–Crippen LogP) is 3.85. The van der Waals surface area contributed by atoms with Crippen LogP contribution in [0.15, 0.2) is 36.7 Å². The number of nitrogens with one attached hydrogen (secondary N) is 1. The molecule has 2 aromatic rings. The molecule has 6 heteroatoms. The summed E-state index contributed by atoms with van der Waals surface area (Å²) in [5.41, 5.74) is 1.84. The van der Waals surface area contributed by atoms with Crippen LogP contribution in [0.25, 0.3) is 0 Å². The molecule has 0 atom stereocenters. The zero-order valence-corrected chi connectivity index (χ0v) is 12.6. The van der Waals surface area contributed by atoms with Crippen LogP contribution in [0.4, 0.5) is 15.8 Å². The van der Waals surface area contributed by atoms with Gasteiger partial charge in [-0.05, 0) is 37.1 Å². The van der Waals surface area contributed by atoms with E-state index in [1.54, 1.807) is 24.5 Å². The third-order valence-electron chi connectivity index (χ3n) is 3.59. The number of aromatic nitrogens is 1. The Kier molecular flexibility index (Phi) is 4.24. The van der Waals surface area contributed by atoms with Crippen molar-refractivity contribution in [1.29, 1.82) is 0 Å². The second kappa shape index (κ2) is 6.32. The highest BCUT2D eigenvalue weighted by molar-refractivity contribution is 6.31. The van der Waals surface area contributed by atoms with Gasteiger partial charge in [0.25, 0.3) is 5.91 Å². The lowest BCUT2D eigenvalue weighted by atomic mass is 10.2. The van der Waals surface area contributed by atoms with E-state index in [1.807, 2.05) is 4.90 Å². The van der Waals surface area contributed by atoms with Gasteiger partial charge in [0.05, 0.1) is 22.5 Å². The fourth-order valence-corrected chi connectivity index (χ4v) is 2.65. The van der Waals surface area contributed by atoms with E-state index in [9.17, 15) is 9.18 Å². The average molecular weight is 320 g/mol. The number of hydrogen-bond donors (Lipinski definition) is 1. The summed E-state index contributed by atoms with van der Waals surface area (Å²) < 4.78 is 13.2. The molecule has 0 aliphatic carbocycles. The van der Waals surface area contributed by atoms with E-state index in [1.165, 1.54) is 12.1 Å². The molecule has 2 heterocycles. The summed E-state index contributed by atoms with van der Waals surface area (Å²) in [6.45, 7) is 1.59. The van der Waals surface area contributed by atoms with Crippen LogP contribution in [-0.4, -0.2) is 28.9 Å². The maximum atomic E-state index is 13.2. The molecular formula is C16H15ClFN3O. The fourth-order valence-electron chi connectivity index (χ4n) is 2.47. The van der Waals surface area contributed by atoms with Crippen molar-refractivity contribution in [1.82, 2.24) is 9.88 Å². The topological polar surface area (TPSA) is 45.2 Å². The molecular weight excluding hydrogens is 305 g/mol. The Balaban J connectivity index is 1.78. The van der Waals surface area contributed by atoms with Crippen LogP contribution < -0.4 is 5.32 Å². The molecule has 1 aliphatic rings. The first-order valence-electron chi connectivity index (χ1n) is 7.10. The molecule has 1 aromatic heterocycles. The highest BCUT2D eigenvalue weighted by Crippen LogP contribution is 2.23. The first-order chi connectivity index (χ1) is 10.6. The largest absolute Gasteiger partial charge is 0.354 e. The molecule has 114 valence electrons. The number of nitrogens with zero attached hydrogens (tertiary/aromatic N) is 2. The van der Waals surface area contributed by atoms with Gasteiger partial charge in [0, 0.05) is 25.0 Å².